The number of hydrogen-bond donors (Lipinski definition) is 1. The number of alkyl halides is 1. The standard InChI is InChI=1S/C25H21FN2O4/c1-30-23-11-18-20(13-24(23)31-2)27-9-8-22(18)32-15-6-7-16-14(10-15)4-3-5-17(16)25(29)28-21-12-19(21)26/h3-11,13,19,21H,12H2,1-2H3,(H,28,29)/t19-,21+/m1/s1. The van der Waals surface area contributed by atoms with Crippen molar-refractivity contribution in [2.45, 2.75) is 18.6 Å². The second-order valence-electron chi connectivity index (χ2n) is 7.66. The Morgan fingerprint density at radius 3 is 2.53 bits per heavy atom. The molecule has 1 aromatic heterocycles. The number of nitrogens with one attached hydrogen (secondary N) is 1. The Balaban J connectivity index is 1.48. The van der Waals surface area contributed by atoms with Crippen molar-refractivity contribution in [1.29, 1.82) is 0 Å². The summed E-state index contributed by atoms with van der Waals surface area (Å²) in [6.07, 6.45) is 1.11. The van der Waals surface area contributed by atoms with Crippen molar-refractivity contribution in [3.8, 4) is 23.0 Å². The zero-order valence-electron chi connectivity index (χ0n) is 17.6. The molecule has 6 nitrogen and oxygen atoms in total. The van der Waals surface area contributed by atoms with Crippen LogP contribution >= 0.6 is 0 Å². The third kappa shape index (κ3) is 3.66. The van der Waals surface area contributed by atoms with Gasteiger partial charge in [-0.3, -0.25) is 9.78 Å². The Kier molecular flexibility index (Phi) is 5.01. The summed E-state index contributed by atoms with van der Waals surface area (Å²) in [6, 6.07) is 16.0. The Bertz CT molecular complexity index is 1340. The lowest BCUT2D eigenvalue weighted by Gasteiger charge is -2.13. The maximum Gasteiger partial charge on any atom is 0.252 e. The van der Waals surface area contributed by atoms with Gasteiger partial charge in [-0.05, 0) is 47.2 Å². The molecule has 5 rings (SSSR count). The quantitative estimate of drug-likeness (QED) is 0.462. The monoisotopic (exact) mass is 432 g/mol. The number of carbonyl (C=O) groups excluding carboxylic acids is 1. The van der Waals surface area contributed by atoms with Crippen LogP contribution < -0.4 is 19.5 Å². The summed E-state index contributed by atoms with van der Waals surface area (Å²) in [5.41, 5.74) is 1.23. The fourth-order valence-corrected chi connectivity index (χ4v) is 3.75. The highest BCUT2D eigenvalue weighted by molar-refractivity contribution is 6.07. The van der Waals surface area contributed by atoms with E-state index in [0.717, 1.165) is 16.2 Å². The average molecular weight is 432 g/mol. The maximum absolute atomic E-state index is 13.2. The van der Waals surface area contributed by atoms with Gasteiger partial charge in [0, 0.05) is 29.6 Å². The third-order valence-electron chi connectivity index (χ3n) is 5.56. The van der Waals surface area contributed by atoms with E-state index in [-0.39, 0.29) is 11.9 Å². The molecule has 4 aromatic rings. The number of nitrogens with zero attached hydrogens (tertiary/aromatic N) is 1. The summed E-state index contributed by atoms with van der Waals surface area (Å²) < 4.78 is 30.1. The summed E-state index contributed by atoms with van der Waals surface area (Å²) >= 11 is 0. The van der Waals surface area contributed by atoms with Crippen LogP contribution in [0.15, 0.2) is 60.8 Å². The number of aromatic nitrogens is 1. The average Bonchev–Trinajstić information content (AvgIpc) is 3.51. The number of pyridine rings is 1. The summed E-state index contributed by atoms with van der Waals surface area (Å²) in [5.74, 6) is 2.13. The summed E-state index contributed by atoms with van der Waals surface area (Å²) in [5, 5.41) is 5.14. The lowest BCUT2D eigenvalue weighted by atomic mass is 10.0. The lowest BCUT2D eigenvalue weighted by molar-refractivity contribution is 0.0949. The Hall–Kier alpha value is -3.87. The first kappa shape index (κ1) is 20.1. The Morgan fingerprint density at radius 2 is 1.78 bits per heavy atom. The molecule has 0 unspecified atom stereocenters. The van der Waals surface area contributed by atoms with Crippen LogP contribution in [0.3, 0.4) is 0 Å². The zero-order chi connectivity index (χ0) is 22.2. The van der Waals surface area contributed by atoms with Gasteiger partial charge in [0.05, 0.1) is 25.8 Å². The molecule has 1 aliphatic rings. The number of methoxy groups -OCH3 is 2. The maximum atomic E-state index is 13.2. The molecule has 2 atom stereocenters. The van der Waals surface area contributed by atoms with E-state index in [0.29, 0.717) is 40.5 Å². The molecule has 0 spiro atoms. The summed E-state index contributed by atoms with van der Waals surface area (Å²) in [4.78, 5) is 16.9. The minimum Gasteiger partial charge on any atom is -0.493 e. The van der Waals surface area contributed by atoms with E-state index in [9.17, 15) is 9.18 Å². The number of carbonyl (C=O) groups is 1. The number of hydrogen-bond acceptors (Lipinski definition) is 5. The van der Waals surface area contributed by atoms with Crippen molar-refractivity contribution in [3.05, 3.63) is 66.4 Å². The number of rotatable bonds is 6. The van der Waals surface area contributed by atoms with Crippen LogP contribution in [0.25, 0.3) is 21.7 Å². The molecule has 162 valence electrons. The molecule has 1 heterocycles. The summed E-state index contributed by atoms with van der Waals surface area (Å²) in [6.45, 7) is 0. The first-order chi connectivity index (χ1) is 15.6. The van der Waals surface area contributed by atoms with E-state index < -0.39 is 6.17 Å². The van der Waals surface area contributed by atoms with E-state index in [1.807, 2.05) is 24.3 Å². The van der Waals surface area contributed by atoms with Crippen molar-refractivity contribution in [2.24, 2.45) is 0 Å². The van der Waals surface area contributed by atoms with Crippen LogP contribution in [0.5, 0.6) is 23.0 Å². The van der Waals surface area contributed by atoms with Gasteiger partial charge in [-0.25, -0.2) is 4.39 Å². The normalized spacial score (nSPS) is 17.2. The van der Waals surface area contributed by atoms with Gasteiger partial charge in [0.1, 0.15) is 17.7 Å². The van der Waals surface area contributed by atoms with Gasteiger partial charge in [0.25, 0.3) is 5.91 Å². The largest absolute Gasteiger partial charge is 0.493 e. The molecule has 7 heteroatoms. The Morgan fingerprint density at radius 1 is 1.00 bits per heavy atom. The first-order valence-electron chi connectivity index (χ1n) is 10.2. The minimum atomic E-state index is -0.942. The zero-order valence-corrected chi connectivity index (χ0v) is 17.6. The second kappa shape index (κ2) is 8.00. The van der Waals surface area contributed by atoms with Gasteiger partial charge in [-0.1, -0.05) is 12.1 Å². The molecule has 0 aliphatic heterocycles. The molecule has 1 aliphatic carbocycles. The van der Waals surface area contributed by atoms with E-state index in [1.54, 1.807) is 50.7 Å². The van der Waals surface area contributed by atoms with Crippen molar-refractivity contribution in [3.63, 3.8) is 0 Å². The highest BCUT2D eigenvalue weighted by atomic mass is 19.1. The van der Waals surface area contributed by atoms with Crippen molar-refractivity contribution < 1.29 is 23.4 Å². The molecular weight excluding hydrogens is 411 g/mol. The topological polar surface area (TPSA) is 69.7 Å². The smallest absolute Gasteiger partial charge is 0.252 e. The number of amides is 1. The van der Waals surface area contributed by atoms with Crippen molar-refractivity contribution >= 4 is 27.6 Å². The molecule has 1 N–H and O–H groups in total. The number of benzene rings is 3. The van der Waals surface area contributed by atoms with Crippen LogP contribution in [0, 0.1) is 0 Å². The molecule has 1 saturated carbocycles. The van der Waals surface area contributed by atoms with Crippen LogP contribution in [-0.2, 0) is 0 Å². The SMILES string of the molecule is COc1cc2nccc(Oc3ccc4c(C(=O)N[C@H]5C[C@H]5F)cccc4c3)c2cc1OC. The van der Waals surface area contributed by atoms with Gasteiger partial charge < -0.3 is 19.5 Å². The van der Waals surface area contributed by atoms with Gasteiger partial charge >= 0.3 is 0 Å². The molecule has 1 amide bonds. The van der Waals surface area contributed by atoms with E-state index >= 15 is 0 Å². The van der Waals surface area contributed by atoms with Crippen molar-refractivity contribution in [1.82, 2.24) is 10.3 Å². The van der Waals surface area contributed by atoms with Crippen LogP contribution in [0.4, 0.5) is 4.39 Å². The highest BCUT2D eigenvalue weighted by Gasteiger charge is 2.38. The fraction of sp³-hybridized carbons (Fsp3) is 0.200. The third-order valence-corrected chi connectivity index (χ3v) is 5.56. The molecule has 32 heavy (non-hydrogen) atoms. The van der Waals surface area contributed by atoms with Gasteiger partial charge in [-0.2, -0.15) is 0 Å². The minimum absolute atomic E-state index is 0.268. The van der Waals surface area contributed by atoms with E-state index in [1.165, 1.54) is 0 Å². The molecule has 0 radical (unpaired) electrons. The number of fused-ring (bicyclic) bond motifs is 2. The van der Waals surface area contributed by atoms with Crippen LogP contribution in [0.2, 0.25) is 0 Å². The Labute approximate surface area is 183 Å². The molecule has 1 fully saturated rings. The van der Waals surface area contributed by atoms with Crippen LogP contribution in [0.1, 0.15) is 16.8 Å². The molecular formula is C25H21FN2O4. The van der Waals surface area contributed by atoms with Gasteiger partial charge in [-0.15, -0.1) is 0 Å². The molecule has 0 bridgehead atoms. The molecule has 0 saturated heterocycles. The number of halogens is 1. The highest BCUT2D eigenvalue weighted by Crippen LogP contribution is 2.37. The lowest BCUT2D eigenvalue weighted by Crippen LogP contribution is -2.27. The second-order valence-corrected chi connectivity index (χ2v) is 7.66. The number of ether oxygens (including phenoxy) is 3. The summed E-state index contributed by atoms with van der Waals surface area (Å²) in [7, 11) is 3.16. The van der Waals surface area contributed by atoms with Crippen LogP contribution in [-0.4, -0.2) is 37.3 Å². The predicted octanol–water partition coefficient (Wildman–Crippen LogP) is 5.04. The van der Waals surface area contributed by atoms with Crippen molar-refractivity contribution in [2.75, 3.05) is 14.2 Å². The van der Waals surface area contributed by atoms with E-state index in [2.05, 4.69) is 10.3 Å². The van der Waals surface area contributed by atoms with Gasteiger partial charge in [0.2, 0.25) is 0 Å². The predicted molar refractivity (Wildman–Crippen MR) is 120 cm³/mol. The molecule has 3 aromatic carbocycles. The first-order valence-corrected chi connectivity index (χ1v) is 10.2. The van der Waals surface area contributed by atoms with Gasteiger partial charge in [0.15, 0.2) is 11.5 Å². The fourth-order valence-electron chi connectivity index (χ4n) is 3.75. The van der Waals surface area contributed by atoms with E-state index in [4.69, 9.17) is 14.2 Å².